The van der Waals surface area contributed by atoms with Gasteiger partial charge in [0.2, 0.25) is 0 Å². The summed E-state index contributed by atoms with van der Waals surface area (Å²) in [6.07, 6.45) is -15.9. The Kier molecular flexibility index (Phi) is 17.8. The molecule has 1 aliphatic heterocycles. The number of hydrogen-bond donors (Lipinski definition) is 0. The minimum Gasteiger partial charge on any atom is -0.463 e. The molecule has 0 aromatic carbocycles. The zero-order valence-corrected chi connectivity index (χ0v) is 29.0. The van der Waals surface area contributed by atoms with E-state index in [1.165, 1.54) is 0 Å². The third-order valence-electron chi connectivity index (χ3n) is 6.13. The highest BCUT2D eigenvalue weighted by Gasteiger charge is 2.55. The highest BCUT2D eigenvalue weighted by molar-refractivity contribution is 5.70. The van der Waals surface area contributed by atoms with Crippen molar-refractivity contribution in [2.45, 2.75) is 117 Å². The summed E-state index contributed by atoms with van der Waals surface area (Å²) in [5.41, 5.74) is 0. The zero-order valence-electron chi connectivity index (χ0n) is 29.0. The van der Waals surface area contributed by atoms with Crippen LogP contribution in [0.25, 0.3) is 0 Å². The van der Waals surface area contributed by atoms with E-state index in [0.717, 1.165) is 62.3 Å². The number of carbonyl (C=O) groups is 9. The van der Waals surface area contributed by atoms with Gasteiger partial charge in [0, 0.05) is 62.3 Å². The first-order valence-corrected chi connectivity index (χ1v) is 15.0. The number of ether oxygens (including phenoxy) is 11. The molecule has 20 nitrogen and oxygen atoms in total. The van der Waals surface area contributed by atoms with Gasteiger partial charge in [-0.05, 0) is 0 Å². The molecule has 1 saturated heterocycles. The van der Waals surface area contributed by atoms with Gasteiger partial charge in [-0.25, -0.2) is 0 Å². The van der Waals surface area contributed by atoms with Crippen LogP contribution in [-0.2, 0) is 95.3 Å². The first kappa shape index (κ1) is 43.2. The van der Waals surface area contributed by atoms with Gasteiger partial charge in [-0.1, -0.05) is 0 Å². The molecule has 20 heteroatoms. The van der Waals surface area contributed by atoms with Crippen molar-refractivity contribution >= 4 is 53.7 Å². The van der Waals surface area contributed by atoms with Crippen LogP contribution in [0.4, 0.5) is 0 Å². The number of rotatable bonds is 17. The SMILES string of the molecule is CC(=O)OC[C@@H]1O[C@@H](O[C@H]([C@H](OC(C)=O)[C@@H](COC(C)=O)OC(C)=O)[C@@H](COC(C)=O)OC(C)=O)[C@@H](OC(C)=O)[C@@H](OC(C)=O)[C@@H]1OC(C)=O. The van der Waals surface area contributed by atoms with Crippen molar-refractivity contribution in [2.75, 3.05) is 19.8 Å². The molecule has 0 saturated carbocycles. The first-order chi connectivity index (χ1) is 23.2. The molecular weight excluding hydrogens is 680 g/mol. The Morgan fingerprint density at radius 3 is 1.26 bits per heavy atom. The molecular formula is C30H42O20. The Hall–Kier alpha value is -4.85. The average Bonchev–Trinajstić information content (AvgIpc) is 2.95. The third-order valence-corrected chi connectivity index (χ3v) is 6.13. The lowest BCUT2D eigenvalue weighted by Gasteiger charge is -2.46. The lowest BCUT2D eigenvalue weighted by atomic mass is 9.97. The Morgan fingerprint density at radius 1 is 0.460 bits per heavy atom. The molecule has 0 radical (unpaired) electrons. The third kappa shape index (κ3) is 15.6. The van der Waals surface area contributed by atoms with Crippen LogP contribution in [-0.4, -0.2) is 129 Å². The molecule has 0 amide bonds. The van der Waals surface area contributed by atoms with Gasteiger partial charge in [0.25, 0.3) is 0 Å². The van der Waals surface area contributed by atoms with E-state index in [-0.39, 0.29) is 0 Å². The van der Waals surface area contributed by atoms with Crippen molar-refractivity contribution < 1.29 is 95.3 Å². The fourth-order valence-electron chi connectivity index (χ4n) is 4.59. The maximum Gasteiger partial charge on any atom is 0.303 e. The number of esters is 9. The van der Waals surface area contributed by atoms with E-state index in [1.807, 2.05) is 0 Å². The molecule has 0 spiro atoms. The lowest BCUT2D eigenvalue weighted by Crippen LogP contribution is -2.65. The standard InChI is InChI=1S/C30H42O20/c1-13(31)40-10-22(43-16(4)34)25(45-18(6)36)26(23(44-17(5)35)11-41-14(2)32)50-30-29(48-21(9)39)28(47-20(8)38)27(46-19(7)37)24(49-30)12-42-15(3)33/h22-30H,10-12H2,1-9H3/t22-,23-,24+,25-,26+,27-,28+,29+,30+/m1/s1. The molecule has 0 N–H and O–H groups in total. The molecule has 0 bridgehead atoms. The molecule has 0 aromatic heterocycles. The molecule has 1 rings (SSSR count). The van der Waals surface area contributed by atoms with Crippen molar-refractivity contribution in [1.29, 1.82) is 0 Å². The van der Waals surface area contributed by atoms with Crippen molar-refractivity contribution in [3.05, 3.63) is 0 Å². The second-order valence-electron chi connectivity index (χ2n) is 10.6. The fraction of sp³-hybridized carbons (Fsp3) is 0.700. The Balaban J connectivity index is 4.07. The molecule has 1 fully saturated rings. The van der Waals surface area contributed by atoms with Crippen LogP contribution in [0.1, 0.15) is 62.3 Å². The highest BCUT2D eigenvalue weighted by Crippen LogP contribution is 2.33. The molecule has 0 aromatic rings. The summed E-state index contributed by atoms with van der Waals surface area (Å²) < 4.78 is 59.5. The van der Waals surface area contributed by atoms with Gasteiger partial charge in [-0.3, -0.25) is 43.2 Å². The minimum atomic E-state index is -1.97. The number of carbonyl (C=O) groups excluding carboxylic acids is 9. The Morgan fingerprint density at radius 2 is 0.860 bits per heavy atom. The predicted octanol–water partition coefficient (Wildman–Crippen LogP) is -0.624. The van der Waals surface area contributed by atoms with Gasteiger partial charge < -0.3 is 52.1 Å². The van der Waals surface area contributed by atoms with Gasteiger partial charge >= 0.3 is 53.7 Å². The van der Waals surface area contributed by atoms with Crippen LogP contribution in [0.3, 0.4) is 0 Å². The number of hydrogen-bond acceptors (Lipinski definition) is 20. The van der Waals surface area contributed by atoms with Crippen LogP contribution in [0.15, 0.2) is 0 Å². The summed E-state index contributed by atoms with van der Waals surface area (Å²) in [7, 11) is 0. The second kappa shape index (κ2) is 20.6. The van der Waals surface area contributed by atoms with Crippen LogP contribution in [0.5, 0.6) is 0 Å². The van der Waals surface area contributed by atoms with Crippen molar-refractivity contribution in [3.8, 4) is 0 Å². The molecule has 9 atom stereocenters. The highest BCUT2D eigenvalue weighted by atomic mass is 16.8. The van der Waals surface area contributed by atoms with Crippen molar-refractivity contribution in [3.63, 3.8) is 0 Å². The molecule has 1 heterocycles. The van der Waals surface area contributed by atoms with E-state index in [4.69, 9.17) is 52.1 Å². The van der Waals surface area contributed by atoms with E-state index < -0.39 is 129 Å². The van der Waals surface area contributed by atoms with Gasteiger partial charge in [0.15, 0.2) is 42.9 Å². The summed E-state index contributed by atoms with van der Waals surface area (Å²) >= 11 is 0. The van der Waals surface area contributed by atoms with Gasteiger partial charge in [-0.2, -0.15) is 0 Å². The van der Waals surface area contributed by atoms with Crippen molar-refractivity contribution in [1.82, 2.24) is 0 Å². The topological polar surface area (TPSA) is 255 Å². The summed E-state index contributed by atoms with van der Waals surface area (Å²) in [6, 6.07) is 0. The normalized spacial score (nSPS) is 22.1. The Bertz CT molecular complexity index is 1260. The summed E-state index contributed by atoms with van der Waals surface area (Å²) in [4.78, 5) is 109. The van der Waals surface area contributed by atoms with Crippen LogP contribution >= 0.6 is 0 Å². The predicted molar refractivity (Wildman–Crippen MR) is 157 cm³/mol. The van der Waals surface area contributed by atoms with E-state index in [2.05, 4.69) is 0 Å². The lowest BCUT2D eigenvalue weighted by molar-refractivity contribution is -0.331. The van der Waals surface area contributed by atoms with E-state index in [9.17, 15) is 43.2 Å². The molecule has 1 aliphatic rings. The zero-order chi connectivity index (χ0) is 38.3. The Labute approximate surface area is 286 Å². The van der Waals surface area contributed by atoms with E-state index >= 15 is 0 Å². The monoisotopic (exact) mass is 722 g/mol. The summed E-state index contributed by atoms with van der Waals surface area (Å²) in [6.45, 7) is 6.74. The molecule has 0 aliphatic carbocycles. The smallest absolute Gasteiger partial charge is 0.303 e. The fourth-order valence-corrected chi connectivity index (χ4v) is 4.59. The molecule has 50 heavy (non-hydrogen) atoms. The maximum absolute atomic E-state index is 12.4. The van der Waals surface area contributed by atoms with Crippen molar-refractivity contribution in [2.24, 2.45) is 0 Å². The van der Waals surface area contributed by atoms with Crippen LogP contribution in [0, 0.1) is 0 Å². The second-order valence-corrected chi connectivity index (χ2v) is 10.6. The summed E-state index contributed by atoms with van der Waals surface area (Å²) in [5.74, 6) is -8.38. The van der Waals surface area contributed by atoms with Gasteiger partial charge in [-0.15, -0.1) is 0 Å². The molecule has 282 valence electrons. The summed E-state index contributed by atoms with van der Waals surface area (Å²) in [5, 5.41) is 0. The van der Waals surface area contributed by atoms with E-state index in [0.29, 0.717) is 0 Å². The average molecular weight is 723 g/mol. The largest absolute Gasteiger partial charge is 0.463 e. The van der Waals surface area contributed by atoms with Gasteiger partial charge in [0.05, 0.1) is 0 Å². The quantitative estimate of drug-likeness (QED) is 0.134. The van der Waals surface area contributed by atoms with Gasteiger partial charge in [0.1, 0.15) is 32.0 Å². The van der Waals surface area contributed by atoms with E-state index in [1.54, 1.807) is 0 Å². The first-order valence-electron chi connectivity index (χ1n) is 15.0. The molecule has 0 unspecified atom stereocenters. The van der Waals surface area contributed by atoms with Crippen LogP contribution in [0.2, 0.25) is 0 Å². The maximum atomic E-state index is 12.4. The van der Waals surface area contributed by atoms with Crippen LogP contribution < -0.4 is 0 Å². The minimum absolute atomic E-state index is 0.654.